The second-order valence-electron chi connectivity index (χ2n) is 5.63. The standard InChI is InChI=1S/C14H26/c1-2-3-6-12-9-10-13-7-4-5-8-14(13)11-12/h12-14H,2-11H2,1H3/t12?,13-,14+/m1/s1. The highest BCUT2D eigenvalue weighted by Gasteiger charge is 2.31. The van der Waals surface area contributed by atoms with Crippen molar-refractivity contribution in [2.75, 3.05) is 0 Å². The Hall–Kier alpha value is 0. The third kappa shape index (κ3) is 2.52. The fourth-order valence-corrected chi connectivity index (χ4v) is 3.73. The van der Waals surface area contributed by atoms with E-state index >= 15 is 0 Å². The van der Waals surface area contributed by atoms with E-state index in [1.165, 1.54) is 32.1 Å². The smallest absolute Gasteiger partial charge is 0.0383 e. The summed E-state index contributed by atoms with van der Waals surface area (Å²) in [5.74, 6) is 3.38. The van der Waals surface area contributed by atoms with Crippen molar-refractivity contribution >= 4 is 0 Å². The Labute approximate surface area is 89.5 Å². The van der Waals surface area contributed by atoms with Crippen molar-refractivity contribution in [2.24, 2.45) is 17.8 Å². The average Bonchev–Trinajstić information content (AvgIpc) is 2.26. The summed E-state index contributed by atoms with van der Waals surface area (Å²) in [4.78, 5) is 0. The van der Waals surface area contributed by atoms with Crippen molar-refractivity contribution in [1.29, 1.82) is 0 Å². The molecule has 2 rings (SSSR count). The van der Waals surface area contributed by atoms with Gasteiger partial charge in [0.15, 0.2) is 0 Å². The van der Waals surface area contributed by atoms with Crippen LogP contribution in [0.4, 0.5) is 0 Å². The maximum atomic E-state index is 2.33. The summed E-state index contributed by atoms with van der Waals surface area (Å²) in [6.45, 7) is 2.33. The van der Waals surface area contributed by atoms with E-state index < -0.39 is 0 Å². The molecule has 0 radical (unpaired) electrons. The van der Waals surface area contributed by atoms with Gasteiger partial charge in [-0.2, -0.15) is 0 Å². The zero-order valence-electron chi connectivity index (χ0n) is 9.80. The first-order valence-electron chi connectivity index (χ1n) is 6.90. The van der Waals surface area contributed by atoms with E-state index in [0.717, 1.165) is 17.8 Å². The van der Waals surface area contributed by atoms with Crippen molar-refractivity contribution in [1.82, 2.24) is 0 Å². The molecular weight excluding hydrogens is 168 g/mol. The van der Waals surface area contributed by atoms with Crippen LogP contribution in [0.5, 0.6) is 0 Å². The van der Waals surface area contributed by atoms with Crippen LogP contribution in [-0.2, 0) is 0 Å². The quantitative estimate of drug-likeness (QED) is 0.606. The summed E-state index contributed by atoms with van der Waals surface area (Å²) in [5, 5.41) is 0. The molecule has 0 aromatic heterocycles. The molecule has 82 valence electrons. The summed E-state index contributed by atoms with van der Waals surface area (Å²) >= 11 is 0. The lowest BCUT2D eigenvalue weighted by Gasteiger charge is -2.39. The van der Waals surface area contributed by atoms with E-state index in [2.05, 4.69) is 6.92 Å². The molecule has 2 aliphatic rings. The lowest BCUT2D eigenvalue weighted by atomic mass is 9.67. The molecule has 14 heavy (non-hydrogen) atoms. The Morgan fingerprint density at radius 3 is 2.50 bits per heavy atom. The molecule has 0 spiro atoms. The highest BCUT2D eigenvalue weighted by molar-refractivity contribution is 4.82. The lowest BCUT2D eigenvalue weighted by Crippen LogP contribution is -2.27. The molecule has 1 unspecified atom stereocenters. The monoisotopic (exact) mass is 194 g/mol. The summed E-state index contributed by atoms with van der Waals surface area (Å²) in [6, 6.07) is 0. The predicted octanol–water partition coefficient (Wildman–Crippen LogP) is 4.78. The molecule has 0 nitrogen and oxygen atoms in total. The minimum absolute atomic E-state index is 1.11. The molecule has 0 aromatic rings. The van der Waals surface area contributed by atoms with Gasteiger partial charge in [0.2, 0.25) is 0 Å². The largest absolute Gasteiger partial charge is 0.0654 e. The highest BCUT2D eigenvalue weighted by Crippen LogP contribution is 2.43. The summed E-state index contributed by atoms with van der Waals surface area (Å²) < 4.78 is 0. The molecule has 2 aliphatic carbocycles. The zero-order valence-corrected chi connectivity index (χ0v) is 9.80. The van der Waals surface area contributed by atoms with Crippen LogP contribution in [-0.4, -0.2) is 0 Å². The average molecular weight is 194 g/mol. The van der Waals surface area contributed by atoms with Gasteiger partial charge in [0.25, 0.3) is 0 Å². The van der Waals surface area contributed by atoms with Crippen LogP contribution in [0.1, 0.15) is 71.1 Å². The third-order valence-corrected chi connectivity index (χ3v) is 4.61. The van der Waals surface area contributed by atoms with E-state index in [9.17, 15) is 0 Å². The minimum Gasteiger partial charge on any atom is -0.0654 e. The van der Waals surface area contributed by atoms with Crippen LogP contribution < -0.4 is 0 Å². The third-order valence-electron chi connectivity index (χ3n) is 4.61. The normalized spacial score (nSPS) is 37.9. The second kappa shape index (κ2) is 5.19. The van der Waals surface area contributed by atoms with Gasteiger partial charge in [0.05, 0.1) is 0 Å². The molecule has 0 heterocycles. The SMILES string of the molecule is CCCCC1CC[C@H]2CCCC[C@H]2C1. The molecule has 0 aliphatic heterocycles. The first-order chi connectivity index (χ1) is 6.90. The predicted molar refractivity (Wildman–Crippen MR) is 62.3 cm³/mol. The number of unbranched alkanes of at least 4 members (excludes halogenated alkanes) is 1. The van der Waals surface area contributed by atoms with Crippen molar-refractivity contribution in [3.05, 3.63) is 0 Å². The number of rotatable bonds is 3. The Bertz CT molecular complexity index is 161. The molecule has 2 saturated carbocycles. The van der Waals surface area contributed by atoms with Crippen LogP contribution in [0.3, 0.4) is 0 Å². The maximum absolute atomic E-state index is 2.33. The molecule has 0 saturated heterocycles. The number of fused-ring (bicyclic) bond motifs is 1. The molecule has 2 fully saturated rings. The van der Waals surface area contributed by atoms with E-state index in [0.29, 0.717) is 0 Å². The fraction of sp³-hybridized carbons (Fsp3) is 1.00. The van der Waals surface area contributed by atoms with Crippen LogP contribution in [0.2, 0.25) is 0 Å². The van der Waals surface area contributed by atoms with Gasteiger partial charge in [-0.3, -0.25) is 0 Å². The van der Waals surface area contributed by atoms with Crippen LogP contribution in [0, 0.1) is 17.8 Å². The Morgan fingerprint density at radius 2 is 1.71 bits per heavy atom. The zero-order chi connectivity index (χ0) is 9.80. The topological polar surface area (TPSA) is 0 Å². The first kappa shape index (κ1) is 10.5. The van der Waals surface area contributed by atoms with Crippen LogP contribution >= 0.6 is 0 Å². The Kier molecular flexibility index (Phi) is 3.89. The summed E-state index contributed by atoms with van der Waals surface area (Å²) in [6.07, 6.45) is 15.3. The molecule has 3 atom stereocenters. The Balaban J connectivity index is 1.77. The highest BCUT2D eigenvalue weighted by atomic mass is 14.4. The van der Waals surface area contributed by atoms with E-state index in [4.69, 9.17) is 0 Å². The van der Waals surface area contributed by atoms with Crippen molar-refractivity contribution < 1.29 is 0 Å². The van der Waals surface area contributed by atoms with E-state index in [1.807, 2.05) is 0 Å². The number of hydrogen-bond donors (Lipinski definition) is 0. The molecule has 0 heteroatoms. The molecule has 0 N–H and O–H groups in total. The first-order valence-corrected chi connectivity index (χ1v) is 6.90. The molecule has 0 aromatic carbocycles. The van der Waals surface area contributed by atoms with Gasteiger partial charge in [-0.25, -0.2) is 0 Å². The van der Waals surface area contributed by atoms with Crippen molar-refractivity contribution in [3.63, 3.8) is 0 Å². The van der Waals surface area contributed by atoms with Gasteiger partial charge in [-0.15, -0.1) is 0 Å². The second-order valence-corrected chi connectivity index (χ2v) is 5.63. The van der Waals surface area contributed by atoms with Gasteiger partial charge in [0.1, 0.15) is 0 Å². The van der Waals surface area contributed by atoms with Crippen LogP contribution in [0.15, 0.2) is 0 Å². The van der Waals surface area contributed by atoms with Gasteiger partial charge < -0.3 is 0 Å². The van der Waals surface area contributed by atoms with E-state index in [-0.39, 0.29) is 0 Å². The summed E-state index contributed by atoms with van der Waals surface area (Å²) in [5.41, 5.74) is 0. The molecule has 0 bridgehead atoms. The van der Waals surface area contributed by atoms with Crippen molar-refractivity contribution in [2.45, 2.75) is 71.1 Å². The minimum atomic E-state index is 1.11. The molecular formula is C14H26. The van der Waals surface area contributed by atoms with Crippen molar-refractivity contribution in [3.8, 4) is 0 Å². The Morgan fingerprint density at radius 1 is 0.929 bits per heavy atom. The lowest BCUT2D eigenvalue weighted by molar-refractivity contribution is 0.124. The molecule has 0 amide bonds. The van der Waals surface area contributed by atoms with Gasteiger partial charge >= 0.3 is 0 Å². The van der Waals surface area contributed by atoms with E-state index in [1.54, 1.807) is 32.1 Å². The fourth-order valence-electron chi connectivity index (χ4n) is 3.73. The van der Waals surface area contributed by atoms with Gasteiger partial charge in [-0.1, -0.05) is 58.3 Å². The maximum Gasteiger partial charge on any atom is -0.0383 e. The van der Waals surface area contributed by atoms with Gasteiger partial charge in [0, 0.05) is 0 Å². The number of hydrogen-bond acceptors (Lipinski definition) is 0. The van der Waals surface area contributed by atoms with Crippen LogP contribution in [0.25, 0.3) is 0 Å². The summed E-state index contributed by atoms with van der Waals surface area (Å²) in [7, 11) is 0. The van der Waals surface area contributed by atoms with Gasteiger partial charge in [-0.05, 0) is 30.6 Å².